The molecule has 0 aliphatic rings. The molecule has 2 aromatic carbocycles. The van der Waals surface area contributed by atoms with E-state index in [4.69, 9.17) is 0 Å². The van der Waals surface area contributed by atoms with Crippen molar-refractivity contribution < 1.29 is 9.72 Å². The van der Waals surface area contributed by atoms with Crippen molar-refractivity contribution in [2.75, 3.05) is 18.4 Å². The molecule has 156 valence electrons. The number of aryl methyl sites for hydroxylation is 1. The molecule has 2 N–H and O–H groups in total. The van der Waals surface area contributed by atoms with Crippen molar-refractivity contribution in [1.29, 1.82) is 0 Å². The van der Waals surface area contributed by atoms with Crippen molar-refractivity contribution in [3.63, 3.8) is 0 Å². The third-order valence-electron chi connectivity index (χ3n) is 4.58. The van der Waals surface area contributed by atoms with E-state index in [-0.39, 0.29) is 17.4 Å². The van der Waals surface area contributed by atoms with E-state index >= 15 is 0 Å². The predicted molar refractivity (Wildman–Crippen MR) is 114 cm³/mol. The highest BCUT2D eigenvalue weighted by Gasteiger charge is 2.17. The first kappa shape index (κ1) is 21.0. The van der Waals surface area contributed by atoms with E-state index in [2.05, 4.69) is 34.6 Å². The van der Waals surface area contributed by atoms with Crippen LogP contribution in [0.25, 0.3) is 5.69 Å². The molecule has 0 aliphatic carbocycles. The highest BCUT2D eigenvalue weighted by atomic mass is 16.6. The molecule has 1 aromatic heterocycles. The van der Waals surface area contributed by atoms with Crippen LogP contribution in [0.1, 0.15) is 41.8 Å². The molecule has 9 nitrogen and oxygen atoms in total. The summed E-state index contributed by atoms with van der Waals surface area (Å²) in [5.74, 6) is 0.704. The second-order valence-corrected chi connectivity index (χ2v) is 7.09. The number of aromatic nitrogens is 3. The summed E-state index contributed by atoms with van der Waals surface area (Å²) in [6, 6.07) is 14.0. The van der Waals surface area contributed by atoms with E-state index in [9.17, 15) is 14.9 Å². The molecule has 3 rings (SSSR count). The second-order valence-electron chi connectivity index (χ2n) is 7.09. The van der Waals surface area contributed by atoms with Crippen molar-refractivity contribution in [2.24, 2.45) is 0 Å². The number of nitro groups is 1. The molecular weight excluding hydrogens is 384 g/mol. The largest absolute Gasteiger partial charge is 0.383 e. The lowest BCUT2D eigenvalue weighted by atomic mass is 10.0. The van der Waals surface area contributed by atoms with Gasteiger partial charge < -0.3 is 10.6 Å². The minimum Gasteiger partial charge on any atom is -0.383 e. The number of hydrogen-bond acceptors (Lipinski definition) is 6. The Morgan fingerprint density at radius 3 is 2.50 bits per heavy atom. The summed E-state index contributed by atoms with van der Waals surface area (Å²) in [5, 5.41) is 20.9. The molecule has 0 spiro atoms. The molecular formula is C21H24N6O3. The number of nitrogens with one attached hydrogen (secondary N) is 2. The molecule has 0 bridgehead atoms. The molecule has 9 heteroatoms. The van der Waals surface area contributed by atoms with E-state index in [1.807, 2.05) is 31.2 Å². The van der Waals surface area contributed by atoms with Crippen LogP contribution in [0.4, 0.5) is 11.4 Å². The van der Waals surface area contributed by atoms with Gasteiger partial charge in [-0.3, -0.25) is 14.9 Å². The summed E-state index contributed by atoms with van der Waals surface area (Å²) >= 11 is 0. The maximum Gasteiger partial charge on any atom is 0.291 e. The first-order chi connectivity index (χ1) is 14.4. The van der Waals surface area contributed by atoms with Gasteiger partial charge in [0.25, 0.3) is 11.6 Å². The van der Waals surface area contributed by atoms with Crippen LogP contribution < -0.4 is 10.6 Å². The van der Waals surface area contributed by atoms with Crippen LogP contribution in [0, 0.1) is 17.0 Å². The van der Waals surface area contributed by atoms with E-state index in [0.717, 1.165) is 16.9 Å². The Morgan fingerprint density at radius 1 is 1.13 bits per heavy atom. The monoisotopic (exact) mass is 408 g/mol. The lowest BCUT2D eigenvalue weighted by Gasteiger charge is -2.12. The second kappa shape index (κ2) is 9.17. The first-order valence-electron chi connectivity index (χ1n) is 9.66. The van der Waals surface area contributed by atoms with Crippen LogP contribution in [-0.2, 0) is 0 Å². The van der Waals surface area contributed by atoms with Crippen molar-refractivity contribution in [3.05, 3.63) is 75.9 Å². The summed E-state index contributed by atoms with van der Waals surface area (Å²) in [6.07, 6.45) is 0. The number of carbonyl (C=O) groups is 1. The van der Waals surface area contributed by atoms with Crippen LogP contribution in [0.5, 0.6) is 0 Å². The number of non-ortho nitro benzene ring substituents is 1. The Kier molecular flexibility index (Phi) is 6.41. The standard InChI is InChI=1S/C21H24N6O3/c1-14(2)18-6-4-5-7-19(18)26-15(3)24-20(25-26)21(28)23-13-12-22-16-8-10-17(11-9-16)27(29)30/h4-11,14,22H,12-13H2,1-3H3,(H,23,28). The highest BCUT2D eigenvalue weighted by Crippen LogP contribution is 2.23. The Balaban J connectivity index is 1.59. The predicted octanol–water partition coefficient (Wildman–Crippen LogP) is 3.45. The minimum atomic E-state index is -0.447. The Labute approximate surface area is 174 Å². The lowest BCUT2D eigenvalue weighted by Crippen LogP contribution is -2.29. The number of para-hydroxylation sites is 1. The topological polar surface area (TPSA) is 115 Å². The molecule has 1 heterocycles. The lowest BCUT2D eigenvalue weighted by molar-refractivity contribution is -0.384. The van der Waals surface area contributed by atoms with Crippen molar-refractivity contribution in [2.45, 2.75) is 26.7 Å². The Hall–Kier alpha value is -3.75. The average molecular weight is 408 g/mol. The number of nitro benzene ring substituents is 1. The number of anilines is 1. The molecule has 0 aliphatic heterocycles. The number of rotatable bonds is 8. The van der Waals surface area contributed by atoms with Gasteiger partial charge in [0.05, 0.1) is 10.6 Å². The third kappa shape index (κ3) is 4.80. The van der Waals surface area contributed by atoms with Gasteiger partial charge in [-0.1, -0.05) is 32.0 Å². The Morgan fingerprint density at radius 2 is 1.83 bits per heavy atom. The summed E-state index contributed by atoms with van der Waals surface area (Å²) in [4.78, 5) is 27.0. The van der Waals surface area contributed by atoms with Gasteiger partial charge in [-0.15, -0.1) is 5.10 Å². The molecule has 0 fully saturated rings. The van der Waals surface area contributed by atoms with Crippen molar-refractivity contribution >= 4 is 17.3 Å². The van der Waals surface area contributed by atoms with Crippen LogP contribution in [0.2, 0.25) is 0 Å². The molecule has 1 amide bonds. The molecule has 0 unspecified atom stereocenters. The smallest absolute Gasteiger partial charge is 0.291 e. The van der Waals surface area contributed by atoms with Gasteiger partial charge in [0, 0.05) is 30.9 Å². The minimum absolute atomic E-state index is 0.0323. The van der Waals surface area contributed by atoms with Crippen LogP contribution in [0.15, 0.2) is 48.5 Å². The normalized spacial score (nSPS) is 10.8. The van der Waals surface area contributed by atoms with Gasteiger partial charge >= 0.3 is 0 Å². The number of carbonyl (C=O) groups excluding carboxylic acids is 1. The van der Waals surface area contributed by atoms with Gasteiger partial charge in [-0.2, -0.15) is 0 Å². The summed E-state index contributed by atoms with van der Waals surface area (Å²) in [7, 11) is 0. The zero-order valence-corrected chi connectivity index (χ0v) is 17.1. The molecule has 0 atom stereocenters. The van der Waals surface area contributed by atoms with Crippen LogP contribution in [0.3, 0.4) is 0 Å². The van der Waals surface area contributed by atoms with Crippen molar-refractivity contribution in [1.82, 2.24) is 20.1 Å². The van der Waals surface area contributed by atoms with Crippen LogP contribution >= 0.6 is 0 Å². The van der Waals surface area contributed by atoms with Gasteiger partial charge in [0.1, 0.15) is 5.82 Å². The SMILES string of the molecule is Cc1nc(C(=O)NCCNc2ccc([N+](=O)[O-])cc2)nn1-c1ccccc1C(C)C. The summed E-state index contributed by atoms with van der Waals surface area (Å²) in [5.41, 5.74) is 2.81. The van der Waals surface area contributed by atoms with Crippen LogP contribution in [-0.4, -0.2) is 38.7 Å². The fourth-order valence-corrected chi connectivity index (χ4v) is 3.05. The van der Waals surface area contributed by atoms with E-state index < -0.39 is 4.92 Å². The van der Waals surface area contributed by atoms with Gasteiger partial charge in [-0.05, 0) is 36.6 Å². The fraction of sp³-hybridized carbons (Fsp3) is 0.286. The zero-order chi connectivity index (χ0) is 21.7. The van der Waals surface area contributed by atoms with Crippen molar-refractivity contribution in [3.8, 4) is 5.69 Å². The molecule has 30 heavy (non-hydrogen) atoms. The zero-order valence-electron chi connectivity index (χ0n) is 17.1. The summed E-state index contributed by atoms with van der Waals surface area (Å²) < 4.78 is 1.69. The highest BCUT2D eigenvalue weighted by molar-refractivity contribution is 5.90. The third-order valence-corrected chi connectivity index (χ3v) is 4.58. The van der Waals surface area contributed by atoms with Gasteiger partial charge in [0.2, 0.25) is 5.82 Å². The van der Waals surface area contributed by atoms with Gasteiger partial charge in [-0.25, -0.2) is 9.67 Å². The van der Waals surface area contributed by atoms with E-state index in [1.54, 1.807) is 16.8 Å². The fourth-order valence-electron chi connectivity index (χ4n) is 3.05. The van der Waals surface area contributed by atoms with E-state index in [0.29, 0.717) is 24.8 Å². The summed E-state index contributed by atoms with van der Waals surface area (Å²) in [6.45, 7) is 6.84. The molecule has 0 radical (unpaired) electrons. The molecule has 3 aromatic rings. The maximum atomic E-state index is 12.4. The Bertz CT molecular complexity index is 1040. The quantitative estimate of drug-likeness (QED) is 0.335. The molecule has 0 saturated carbocycles. The number of benzene rings is 2. The van der Waals surface area contributed by atoms with E-state index in [1.165, 1.54) is 12.1 Å². The molecule has 0 saturated heterocycles. The number of hydrogen-bond donors (Lipinski definition) is 2. The maximum absolute atomic E-state index is 12.4. The van der Waals surface area contributed by atoms with Gasteiger partial charge in [0.15, 0.2) is 0 Å². The number of nitrogens with zero attached hydrogens (tertiary/aromatic N) is 4. The first-order valence-corrected chi connectivity index (χ1v) is 9.66. The average Bonchev–Trinajstić information content (AvgIpc) is 3.13. The number of amides is 1.